The summed E-state index contributed by atoms with van der Waals surface area (Å²) >= 11 is 0. The van der Waals surface area contributed by atoms with Crippen LogP contribution in [0, 0.1) is 11.3 Å². The van der Waals surface area contributed by atoms with Gasteiger partial charge in [-0.1, -0.05) is 18.2 Å². The Bertz CT molecular complexity index is 922. The maximum Gasteiger partial charge on any atom is 0.268 e. The summed E-state index contributed by atoms with van der Waals surface area (Å²) < 4.78 is 26.3. The second kappa shape index (κ2) is 4.47. The van der Waals surface area contributed by atoms with E-state index < -0.39 is 10.0 Å². The van der Waals surface area contributed by atoms with Gasteiger partial charge in [-0.15, -0.1) is 0 Å². The number of hydrogen-bond donors (Lipinski definition) is 0. The van der Waals surface area contributed by atoms with Crippen LogP contribution in [-0.2, 0) is 10.0 Å². The summed E-state index contributed by atoms with van der Waals surface area (Å²) in [6, 6.07) is 13.2. The molecular formula is C14H9N3O2S. The molecular weight excluding hydrogens is 274 g/mol. The number of rotatable bonds is 2. The van der Waals surface area contributed by atoms with Crippen LogP contribution in [-0.4, -0.2) is 17.4 Å². The minimum absolute atomic E-state index is 0.172. The van der Waals surface area contributed by atoms with Crippen molar-refractivity contribution in [3.63, 3.8) is 0 Å². The molecule has 3 rings (SSSR count). The minimum Gasteiger partial charge on any atom is -0.255 e. The normalized spacial score (nSPS) is 11.3. The fraction of sp³-hybridized carbons (Fsp3) is 0. The van der Waals surface area contributed by atoms with Gasteiger partial charge in [0.2, 0.25) is 0 Å². The van der Waals surface area contributed by atoms with Crippen LogP contribution in [0.2, 0.25) is 0 Å². The van der Waals surface area contributed by atoms with E-state index in [4.69, 9.17) is 5.26 Å². The molecule has 1 aromatic carbocycles. The first kappa shape index (κ1) is 12.4. The molecule has 0 aliphatic rings. The summed E-state index contributed by atoms with van der Waals surface area (Å²) in [4.78, 5) is 4.25. The molecule has 98 valence electrons. The Labute approximate surface area is 115 Å². The van der Waals surface area contributed by atoms with E-state index in [0.29, 0.717) is 11.0 Å². The third kappa shape index (κ3) is 1.76. The van der Waals surface area contributed by atoms with E-state index in [1.54, 1.807) is 24.3 Å². The topological polar surface area (TPSA) is 75.8 Å². The summed E-state index contributed by atoms with van der Waals surface area (Å²) in [5, 5.41) is 9.13. The third-order valence-corrected chi connectivity index (χ3v) is 4.65. The van der Waals surface area contributed by atoms with E-state index in [1.807, 2.05) is 6.07 Å². The molecule has 5 nitrogen and oxygen atoms in total. The van der Waals surface area contributed by atoms with Crippen molar-refractivity contribution in [2.24, 2.45) is 0 Å². The average molecular weight is 283 g/mol. The van der Waals surface area contributed by atoms with Crippen LogP contribution < -0.4 is 0 Å². The van der Waals surface area contributed by atoms with Crippen molar-refractivity contribution in [2.75, 3.05) is 0 Å². The van der Waals surface area contributed by atoms with E-state index in [-0.39, 0.29) is 10.5 Å². The second-order valence-corrected chi connectivity index (χ2v) is 5.95. The van der Waals surface area contributed by atoms with E-state index in [9.17, 15) is 8.42 Å². The van der Waals surface area contributed by atoms with Gasteiger partial charge in [0.25, 0.3) is 10.0 Å². The fourth-order valence-electron chi connectivity index (χ4n) is 2.03. The van der Waals surface area contributed by atoms with Gasteiger partial charge in [0.05, 0.1) is 16.0 Å². The Morgan fingerprint density at radius 2 is 1.85 bits per heavy atom. The Morgan fingerprint density at radius 3 is 2.55 bits per heavy atom. The third-order valence-electron chi connectivity index (χ3n) is 2.96. The molecule has 3 aromatic rings. The van der Waals surface area contributed by atoms with E-state index in [1.165, 1.54) is 30.6 Å². The molecule has 0 aliphatic carbocycles. The van der Waals surface area contributed by atoms with Crippen molar-refractivity contribution in [3.05, 3.63) is 60.4 Å². The molecule has 20 heavy (non-hydrogen) atoms. The average Bonchev–Trinajstić information content (AvgIpc) is 2.92. The molecule has 0 N–H and O–H groups in total. The van der Waals surface area contributed by atoms with Gasteiger partial charge in [-0.2, -0.15) is 5.26 Å². The summed E-state index contributed by atoms with van der Waals surface area (Å²) in [6.45, 7) is 0. The zero-order chi connectivity index (χ0) is 14.2. The molecule has 6 heteroatoms. The van der Waals surface area contributed by atoms with Crippen LogP contribution in [0.3, 0.4) is 0 Å². The lowest BCUT2D eigenvalue weighted by molar-refractivity contribution is 0.589. The summed E-state index contributed by atoms with van der Waals surface area (Å²) in [6.07, 6.45) is 2.90. The molecule has 0 radical (unpaired) electrons. The Kier molecular flexibility index (Phi) is 2.77. The van der Waals surface area contributed by atoms with Gasteiger partial charge in [0.1, 0.15) is 11.6 Å². The number of aromatic nitrogens is 2. The van der Waals surface area contributed by atoms with Gasteiger partial charge in [0.15, 0.2) is 0 Å². The van der Waals surface area contributed by atoms with E-state index in [2.05, 4.69) is 4.98 Å². The second-order valence-electron chi connectivity index (χ2n) is 4.13. The summed E-state index contributed by atoms with van der Waals surface area (Å²) in [5.41, 5.74) is 1.06. The maximum atomic E-state index is 12.6. The van der Waals surface area contributed by atoms with Crippen LogP contribution >= 0.6 is 0 Å². The number of hydrogen-bond acceptors (Lipinski definition) is 4. The lowest BCUT2D eigenvalue weighted by Crippen LogP contribution is -2.12. The number of fused-ring (bicyclic) bond motifs is 1. The van der Waals surface area contributed by atoms with Gasteiger partial charge in [0, 0.05) is 12.4 Å². The molecule has 0 spiro atoms. The molecule has 0 aliphatic heterocycles. The molecule has 2 heterocycles. The monoisotopic (exact) mass is 283 g/mol. The lowest BCUT2D eigenvalue weighted by Gasteiger charge is -2.07. The number of benzene rings is 1. The van der Waals surface area contributed by atoms with Gasteiger partial charge >= 0.3 is 0 Å². The fourth-order valence-corrected chi connectivity index (χ4v) is 3.41. The molecule has 0 amide bonds. The van der Waals surface area contributed by atoms with Crippen LogP contribution in [0.5, 0.6) is 0 Å². The lowest BCUT2D eigenvalue weighted by atomic mass is 10.2. The number of nitrogens with zero attached hydrogens (tertiary/aromatic N) is 3. The first-order valence-electron chi connectivity index (χ1n) is 5.81. The Hall–Kier alpha value is -2.65. The van der Waals surface area contributed by atoms with Crippen molar-refractivity contribution in [3.8, 4) is 6.07 Å². The van der Waals surface area contributed by atoms with Crippen molar-refractivity contribution in [1.29, 1.82) is 5.26 Å². The summed E-state index contributed by atoms with van der Waals surface area (Å²) in [5.74, 6) is 0. The van der Waals surface area contributed by atoms with Crippen molar-refractivity contribution in [1.82, 2.24) is 8.96 Å². The smallest absolute Gasteiger partial charge is 0.255 e. The van der Waals surface area contributed by atoms with Crippen molar-refractivity contribution in [2.45, 2.75) is 4.90 Å². The zero-order valence-electron chi connectivity index (χ0n) is 10.3. The molecule has 0 fully saturated rings. The molecule has 2 aromatic heterocycles. The first-order valence-corrected chi connectivity index (χ1v) is 7.25. The summed E-state index contributed by atoms with van der Waals surface area (Å²) in [7, 11) is -3.73. The molecule has 0 bridgehead atoms. The van der Waals surface area contributed by atoms with Crippen LogP contribution in [0.1, 0.15) is 5.56 Å². The van der Waals surface area contributed by atoms with Crippen LogP contribution in [0.25, 0.3) is 11.0 Å². The highest BCUT2D eigenvalue weighted by atomic mass is 32.2. The quantitative estimate of drug-likeness (QED) is 0.722. The Morgan fingerprint density at radius 1 is 1.10 bits per heavy atom. The van der Waals surface area contributed by atoms with Crippen LogP contribution in [0.15, 0.2) is 59.8 Å². The standard InChI is InChI=1S/C14H9N3O2S/c15-10-11-6-8-16-13-7-9-17(14(11)13)20(18,19)12-4-2-1-3-5-12/h1-9H. The van der Waals surface area contributed by atoms with E-state index in [0.717, 1.165) is 3.97 Å². The highest BCUT2D eigenvalue weighted by molar-refractivity contribution is 7.90. The molecule has 0 saturated carbocycles. The van der Waals surface area contributed by atoms with Crippen LogP contribution in [0.4, 0.5) is 0 Å². The molecule has 0 unspecified atom stereocenters. The van der Waals surface area contributed by atoms with Crippen molar-refractivity contribution >= 4 is 21.1 Å². The predicted octanol–water partition coefficient (Wildman–Crippen LogP) is 2.14. The number of nitriles is 1. The van der Waals surface area contributed by atoms with Gasteiger partial charge in [-0.25, -0.2) is 12.4 Å². The largest absolute Gasteiger partial charge is 0.268 e. The van der Waals surface area contributed by atoms with Gasteiger partial charge in [-0.05, 0) is 24.3 Å². The Balaban J connectivity index is 2.34. The first-order chi connectivity index (χ1) is 9.64. The highest BCUT2D eigenvalue weighted by Gasteiger charge is 2.20. The maximum absolute atomic E-state index is 12.6. The van der Waals surface area contributed by atoms with Crippen molar-refractivity contribution < 1.29 is 8.42 Å². The number of pyridine rings is 1. The SMILES string of the molecule is N#Cc1ccnc2ccn(S(=O)(=O)c3ccccc3)c12. The minimum atomic E-state index is -3.73. The predicted molar refractivity (Wildman–Crippen MR) is 73.5 cm³/mol. The zero-order valence-corrected chi connectivity index (χ0v) is 11.1. The molecule has 0 saturated heterocycles. The van der Waals surface area contributed by atoms with Gasteiger partial charge < -0.3 is 0 Å². The van der Waals surface area contributed by atoms with Gasteiger partial charge in [-0.3, -0.25) is 4.98 Å². The highest BCUT2D eigenvalue weighted by Crippen LogP contribution is 2.23. The van der Waals surface area contributed by atoms with E-state index >= 15 is 0 Å². The molecule has 0 atom stereocenters.